The van der Waals surface area contributed by atoms with Gasteiger partial charge in [0.15, 0.2) is 5.78 Å². The molecule has 2 aromatic heterocycles. The van der Waals surface area contributed by atoms with E-state index in [0.29, 0.717) is 16.1 Å². The molecule has 4 nitrogen and oxygen atoms in total. The molecule has 0 bridgehead atoms. The van der Waals surface area contributed by atoms with Crippen LogP contribution in [0.3, 0.4) is 0 Å². The van der Waals surface area contributed by atoms with Gasteiger partial charge in [-0.25, -0.2) is 9.97 Å². The number of Topliss-reactive ketones (excluding diaryl/α,β-unsaturated/α-hetero) is 1. The maximum absolute atomic E-state index is 11.1. The number of hydrogen-bond donors (Lipinski definition) is 0. The van der Waals surface area contributed by atoms with Crippen LogP contribution in [0.15, 0.2) is 23.1 Å². The highest BCUT2D eigenvalue weighted by molar-refractivity contribution is 9.10. The summed E-state index contributed by atoms with van der Waals surface area (Å²) < 4.78 is 2.37. The van der Waals surface area contributed by atoms with Gasteiger partial charge in [-0.2, -0.15) is 0 Å². The van der Waals surface area contributed by atoms with Crippen molar-refractivity contribution in [2.45, 2.75) is 6.92 Å². The number of carbonyl (C=O) groups excluding carboxylic acids is 1. The van der Waals surface area contributed by atoms with E-state index >= 15 is 0 Å². The molecular formula is C8H6BrN3O. The summed E-state index contributed by atoms with van der Waals surface area (Å²) in [7, 11) is 0. The third-order valence-corrected chi connectivity index (χ3v) is 2.44. The lowest BCUT2D eigenvalue weighted by Gasteiger charge is -1.91. The van der Waals surface area contributed by atoms with Gasteiger partial charge in [0.2, 0.25) is 5.78 Å². The molecule has 0 N–H and O–H groups in total. The van der Waals surface area contributed by atoms with E-state index in [4.69, 9.17) is 0 Å². The molecule has 0 saturated heterocycles. The number of ketones is 1. The Hall–Kier alpha value is -1.23. The lowest BCUT2D eigenvalue weighted by atomic mass is 10.3. The van der Waals surface area contributed by atoms with Crippen molar-refractivity contribution in [1.29, 1.82) is 0 Å². The number of hydrogen-bond acceptors (Lipinski definition) is 3. The molecule has 0 saturated carbocycles. The van der Waals surface area contributed by atoms with Crippen LogP contribution in [0, 0.1) is 0 Å². The largest absolute Gasteiger partial charge is 0.293 e. The molecule has 2 heterocycles. The fourth-order valence-electron chi connectivity index (χ4n) is 1.08. The molecular weight excluding hydrogens is 234 g/mol. The predicted octanol–water partition coefficient (Wildman–Crippen LogP) is 1.69. The summed E-state index contributed by atoms with van der Waals surface area (Å²) >= 11 is 3.29. The Balaban J connectivity index is 2.81. The molecule has 5 heteroatoms. The standard InChI is InChI=1S/C8H6BrN3O/c1-5(13)6-7(9)12-4-2-3-10-8(12)11-6/h2-4H,1H3. The lowest BCUT2D eigenvalue weighted by Crippen LogP contribution is -1.92. The van der Waals surface area contributed by atoms with Gasteiger partial charge in [0, 0.05) is 19.3 Å². The van der Waals surface area contributed by atoms with Crippen LogP contribution in [-0.4, -0.2) is 20.2 Å². The minimum Gasteiger partial charge on any atom is -0.293 e. The molecule has 0 radical (unpaired) electrons. The minimum absolute atomic E-state index is 0.0719. The van der Waals surface area contributed by atoms with E-state index in [1.165, 1.54) is 6.92 Å². The van der Waals surface area contributed by atoms with Gasteiger partial charge in [0.25, 0.3) is 0 Å². The zero-order valence-corrected chi connectivity index (χ0v) is 8.45. The van der Waals surface area contributed by atoms with Crippen molar-refractivity contribution in [3.63, 3.8) is 0 Å². The number of rotatable bonds is 1. The van der Waals surface area contributed by atoms with Crippen molar-refractivity contribution in [2.24, 2.45) is 0 Å². The van der Waals surface area contributed by atoms with Crippen molar-refractivity contribution in [1.82, 2.24) is 14.4 Å². The summed E-state index contributed by atoms with van der Waals surface area (Å²) in [6.45, 7) is 1.48. The Labute approximate surface area is 82.7 Å². The highest BCUT2D eigenvalue weighted by Gasteiger charge is 2.12. The van der Waals surface area contributed by atoms with Crippen LogP contribution in [0.25, 0.3) is 5.78 Å². The second-order valence-corrected chi connectivity index (χ2v) is 3.35. The van der Waals surface area contributed by atoms with Crippen LogP contribution in [0.5, 0.6) is 0 Å². The normalized spacial score (nSPS) is 10.6. The first kappa shape index (κ1) is 8.37. The van der Waals surface area contributed by atoms with Crippen LogP contribution in [0.1, 0.15) is 17.4 Å². The first-order valence-electron chi connectivity index (χ1n) is 3.69. The average molecular weight is 240 g/mol. The first-order valence-corrected chi connectivity index (χ1v) is 4.49. The van der Waals surface area contributed by atoms with Crippen LogP contribution in [-0.2, 0) is 0 Å². The number of fused-ring (bicyclic) bond motifs is 1. The number of imidazole rings is 1. The van der Waals surface area contributed by atoms with Gasteiger partial charge in [-0.05, 0) is 22.0 Å². The Bertz CT molecular complexity index is 477. The summed E-state index contributed by atoms with van der Waals surface area (Å²) in [5.74, 6) is 0.456. The van der Waals surface area contributed by atoms with E-state index in [1.807, 2.05) is 0 Å². The molecule has 0 spiro atoms. The number of aromatic nitrogens is 3. The Kier molecular flexibility index (Phi) is 1.88. The van der Waals surface area contributed by atoms with Crippen molar-refractivity contribution < 1.29 is 4.79 Å². The second-order valence-electron chi connectivity index (χ2n) is 2.60. The van der Waals surface area contributed by atoms with Gasteiger partial charge >= 0.3 is 0 Å². The zero-order valence-electron chi connectivity index (χ0n) is 6.86. The molecule has 2 rings (SSSR count). The molecule has 0 unspecified atom stereocenters. The SMILES string of the molecule is CC(=O)c1nc2ncccn2c1Br. The van der Waals surface area contributed by atoms with Crippen molar-refractivity contribution >= 4 is 27.5 Å². The van der Waals surface area contributed by atoms with Gasteiger partial charge < -0.3 is 0 Å². The fraction of sp³-hybridized carbons (Fsp3) is 0.125. The summed E-state index contributed by atoms with van der Waals surface area (Å²) in [5.41, 5.74) is 0.415. The van der Waals surface area contributed by atoms with Gasteiger partial charge in [-0.3, -0.25) is 9.20 Å². The Morgan fingerprint density at radius 3 is 3.00 bits per heavy atom. The van der Waals surface area contributed by atoms with Crippen LogP contribution in [0.4, 0.5) is 0 Å². The average Bonchev–Trinajstić information content (AvgIpc) is 2.45. The molecule has 0 aliphatic carbocycles. The third-order valence-electron chi connectivity index (χ3n) is 1.68. The first-order chi connectivity index (χ1) is 6.20. The number of halogens is 1. The highest BCUT2D eigenvalue weighted by Crippen LogP contribution is 2.17. The van der Waals surface area contributed by atoms with Gasteiger partial charge in [-0.1, -0.05) is 0 Å². The zero-order chi connectivity index (χ0) is 9.42. The van der Waals surface area contributed by atoms with E-state index in [0.717, 1.165) is 0 Å². The fourth-order valence-corrected chi connectivity index (χ4v) is 1.73. The second kappa shape index (κ2) is 2.92. The predicted molar refractivity (Wildman–Crippen MR) is 50.7 cm³/mol. The molecule has 0 atom stereocenters. The number of carbonyl (C=O) groups is 1. The third kappa shape index (κ3) is 1.25. The molecule has 0 aromatic carbocycles. The monoisotopic (exact) mass is 239 g/mol. The molecule has 66 valence electrons. The maximum atomic E-state index is 11.1. The van der Waals surface area contributed by atoms with E-state index in [1.54, 1.807) is 22.9 Å². The van der Waals surface area contributed by atoms with E-state index < -0.39 is 0 Å². The highest BCUT2D eigenvalue weighted by atomic mass is 79.9. The quantitative estimate of drug-likeness (QED) is 0.712. The van der Waals surface area contributed by atoms with Crippen molar-refractivity contribution in [2.75, 3.05) is 0 Å². The van der Waals surface area contributed by atoms with Crippen LogP contribution >= 0.6 is 15.9 Å². The van der Waals surface area contributed by atoms with Gasteiger partial charge in [0.05, 0.1) is 0 Å². The van der Waals surface area contributed by atoms with E-state index in [-0.39, 0.29) is 5.78 Å². The molecule has 0 aliphatic rings. The summed E-state index contributed by atoms with van der Waals surface area (Å²) in [5, 5.41) is 0. The lowest BCUT2D eigenvalue weighted by molar-refractivity contribution is 0.101. The molecule has 13 heavy (non-hydrogen) atoms. The Morgan fingerprint density at radius 2 is 2.38 bits per heavy atom. The summed E-state index contributed by atoms with van der Waals surface area (Å²) in [4.78, 5) is 19.2. The molecule has 0 aliphatic heterocycles. The Morgan fingerprint density at radius 1 is 1.62 bits per heavy atom. The smallest absolute Gasteiger partial charge is 0.235 e. The topological polar surface area (TPSA) is 47.3 Å². The molecule has 0 fully saturated rings. The van der Waals surface area contributed by atoms with Crippen LogP contribution < -0.4 is 0 Å². The van der Waals surface area contributed by atoms with E-state index in [2.05, 4.69) is 25.9 Å². The maximum Gasteiger partial charge on any atom is 0.235 e. The van der Waals surface area contributed by atoms with Crippen molar-refractivity contribution in [3.8, 4) is 0 Å². The molecule has 0 amide bonds. The van der Waals surface area contributed by atoms with Crippen LogP contribution in [0.2, 0.25) is 0 Å². The van der Waals surface area contributed by atoms with E-state index in [9.17, 15) is 4.79 Å². The van der Waals surface area contributed by atoms with Crippen molar-refractivity contribution in [3.05, 3.63) is 28.8 Å². The van der Waals surface area contributed by atoms with Gasteiger partial charge in [0.1, 0.15) is 10.3 Å². The minimum atomic E-state index is -0.0719. The summed E-state index contributed by atoms with van der Waals surface area (Å²) in [6.07, 6.45) is 3.44. The van der Waals surface area contributed by atoms with Gasteiger partial charge in [-0.15, -0.1) is 0 Å². The summed E-state index contributed by atoms with van der Waals surface area (Å²) in [6, 6.07) is 1.78. The number of nitrogens with zero attached hydrogens (tertiary/aromatic N) is 3. The molecule has 2 aromatic rings.